The van der Waals surface area contributed by atoms with E-state index in [1.54, 1.807) is 0 Å². The third-order valence-electron chi connectivity index (χ3n) is 3.75. The van der Waals surface area contributed by atoms with Crippen LogP contribution in [-0.2, 0) is 0 Å². The number of hydrogen-bond donors (Lipinski definition) is 1. The van der Waals surface area contributed by atoms with Crippen LogP contribution in [0.1, 0.15) is 37.8 Å². The minimum Gasteiger partial charge on any atom is -0.377 e. The Bertz CT molecular complexity index is 430. The van der Waals surface area contributed by atoms with Crippen molar-refractivity contribution in [1.82, 2.24) is 10.2 Å². The van der Waals surface area contributed by atoms with Gasteiger partial charge in [-0.1, -0.05) is 50.4 Å². The van der Waals surface area contributed by atoms with Crippen LogP contribution in [0.2, 0.25) is 0 Å². The average molecular weight is 256 g/mol. The molecule has 0 radical (unpaired) electrons. The maximum Gasteiger partial charge on any atom is 0.0907 e. The number of nitrogens with one attached hydrogen (secondary N) is 1. The largest absolute Gasteiger partial charge is 0.377 e. The van der Waals surface area contributed by atoms with E-state index in [1.165, 1.54) is 24.1 Å². The van der Waals surface area contributed by atoms with Crippen LogP contribution in [0.25, 0.3) is 0 Å². The quantitative estimate of drug-likeness (QED) is 0.831. The number of likely N-dealkylation sites (tertiary alicyclic amines) is 1. The molecule has 1 fully saturated rings. The van der Waals surface area contributed by atoms with Gasteiger partial charge < -0.3 is 10.2 Å². The van der Waals surface area contributed by atoms with Gasteiger partial charge in [0.05, 0.1) is 6.04 Å². The molecule has 2 heteroatoms. The summed E-state index contributed by atoms with van der Waals surface area (Å²) in [7, 11) is 0. The second-order valence-electron chi connectivity index (χ2n) is 5.13. The van der Waals surface area contributed by atoms with Gasteiger partial charge >= 0.3 is 0 Å². The fraction of sp³-hybridized carbons (Fsp3) is 0.412. The number of hydrogen-bond acceptors (Lipinski definition) is 2. The summed E-state index contributed by atoms with van der Waals surface area (Å²) in [6, 6.07) is 10.7. The lowest BCUT2D eigenvalue weighted by molar-refractivity contribution is 0.381. The summed E-state index contributed by atoms with van der Waals surface area (Å²) in [5, 5.41) is 3.52. The summed E-state index contributed by atoms with van der Waals surface area (Å²) in [5.74, 6) is 0. The normalized spacial score (nSPS) is 16.2. The second-order valence-corrected chi connectivity index (χ2v) is 5.13. The van der Waals surface area contributed by atoms with E-state index in [2.05, 4.69) is 54.6 Å². The molecule has 0 spiro atoms. The molecule has 1 aliphatic rings. The lowest BCUT2D eigenvalue weighted by Crippen LogP contribution is -2.30. The average Bonchev–Trinajstić information content (AvgIpc) is 2.99. The SMILES string of the molecule is C=C(CC)NC(C(=C)N1CCCC1)c1ccccc1. The highest BCUT2D eigenvalue weighted by molar-refractivity contribution is 5.28. The molecular formula is C17H24N2. The van der Waals surface area contributed by atoms with Crippen LogP contribution in [0.5, 0.6) is 0 Å². The molecule has 1 unspecified atom stereocenters. The summed E-state index contributed by atoms with van der Waals surface area (Å²) in [6.45, 7) is 12.8. The smallest absolute Gasteiger partial charge is 0.0907 e. The Morgan fingerprint density at radius 3 is 2.42 bits per heavy atom. The van der Waals surface area contributed by atoms with Crippen LogP contribution >= 0.6 is 0 Å². The van der Waals surface area contributed by atoms with Crippen LogP contribution in [0.3, 0.4) is 0 Å². The predicted molar refractivity (Wildman–Crippen MR) is 81.7 cm³/mol. The molecule has 0 bridgehead atoms. The minimum atomic E-state index is 0.145. The summed E-state index contributed by atoms with van der Waals surface area (Å²) >= 11 is 0. The van der Waals surface area contributed by atoms with Crippen LogP contribution < -0.4 is 5.32 Å². The van der Waals surface area contributed by atoms with Crippen molar-refractivity contribution < 1.29 is 0 Å². The first-order valence-corrected chi connectivity index (χ1v) is 7.15. The van der Waals surface area contributed by atoms with E-state index in [0.717, 1.165) is 25.2 Å². The standard InChI is InChI=1S/C17H24N2/c1-4-14(2)18-17(16-10-6-5-7-11-16)15(3)19-12-8-9-13-19/h5-7,10-11,17-18H,2-4,8-9,12-13H2,1H3. The molecule has 1 saturated heterocycles. The molecule has 1 aromatic rings. The molecular weight excluding hydrogens is 232 g/mol. The number of nitrogens with zero attached hydrogens (tertiary/aromatic N) is 1. The fourth-order valence-electron chi connectivity index (χ4n) is 2.50. The van der Waals surface area contributed by atoms with Gasteiger partial charge in [-0.2, -0.15) is 0 Å². The molecule has 1 aromatic carbocycles. The lowest BCUT2D eigenvalue weighted by atomic mass is 10.0. The van der Waals surface area contributed by atoms with Crippen LogP contribution in [-0.4, -0.2) is 18.0 Å². The molecule has 0 aliphatic carbocycles. The van der Waals surface area contributed by atoms with Gasteiger partial charge in [0.15, 0.2) is 0 Å². The van der Waals surface area contributed by atoms with Gasteiger partial charge in [0, 0.05) is 24.5 Å². The van der Waals surface area contributed by atoms with E-state index >= 15 is 0 Å². The highest BCUT2D eigenvalue weighted by Gasteiger charge is 2.22. The molecule has 102 valence electrons. The van der Waals surface area contributed by atoms with Crippen molar-refractivity contribution in [3.05, 3.63) is 60.4 Å². The zero-order valence-electron chi connectivity index (χ0n) is 11.9. The van der Waals surface area contributed by atoms with E-state index in [9.17, 15) is 0 Å². The zero-order chi connectivity index (χ0) is 13.7. The molecule has 2 nitrogen and oxygen atoms in total. The topological polar surface area (TPSA) is 15.3 Å². The zero-order valence-corrected chi connectivity index (χ0v) is 11.9. The van der Waals surface area contributed by atoms with Crippen molar-refractivity contribution in [2.45, 2.75) is 32.2 Å². The first kappa shape index (κ1) is 13.7. The van der Waals surface area contributed by atoms with Gasteiger partial charge in [0.1, 0.15) is 0 Å². The van der Waals surface area contributed by atoms with Gasteiger partial charge in [-0.15, -0.1) is 0 Å². The molecule has 19 heavy (non-hydrogen) atoms. The highest BCUT2D eigenvalue weighted by atomic mass is 15.2. The Labute approximate surface area is 116 Å². The Balaban J connectivity index is 2.18. The second kappa shape index (κ2) is 6.46. The molecule has 0 saturated carbocycles. The van der Waals surface area contributed by atoms with Crippen molar-refractivity contribution in [1.29, 1.82) is 0 Å². The van der Waals surface area contributed by atoms with Crippen molar-refractivity contribution >= 4 is 0 Å². The summed E-state index contributed by atoms with van der Waals surface area (Å²) in [5.41, 5.74) is 3.49. The fourth-order valence-corrected chi connectivity index (χ4v) is 2.50. The van der Waals surface area contributed by atoms with Crippen LogP contribution in [0.4, 0.5) is 0 Å². The molecule has 0 amide bonds. The number of rotatable bonds is 6. The van der Waals surface area contributed by atoms with E-state index in [1.807, 2.05) is 6.07 Å². The predicted octanol–water partition coefficient (Wildman–Crippen LogP) is 3.85. The Hall–Kier alpha value is -1.70. The molecule has 1 N–H and O–H groups in total. The Morgan fingerprint density at radius 1 is 1.21 bits per heavy atom. The van der Waals surface area contributed by atoms with E-state index in [-0.39, 0.29) is 6.04 Å². The maximum absolute atomic E-state index is 4.32. The van der Waals surface area contributed by atoms with Crippen LogP contribution in [0.15, 0.2) is 54.9 Å². The Kier molecular flexibility index (Phi) is 4.67. The monoisotopic (exact) mass is 256 g/mol. The van der Waals surface area contributed by atoms with Gasteiger partial charge in [0.2, 0.25) is 0 Å². The van der Waals surface area contributed by atoms with Gasteiger partial charge in [-0.05, 0) is 24.8 Å². The minimum absolute atomic E-state index is 0.145. The van der Waals surface area contributed by atoms with Crippen molar-refractivity contribution in [3.8, 4) is 0 Å². The molecule has 2 rings (SSSR count). The van der Waals surface area contributed by atoms with E-state index < -0.39 is 0 Å². The third-order valence-corrected chi connectivity index (χ3v) is 3.75. The molecule has 0 aromatic heterocycles. The van der Waals surface area contributed by atoms with Crippen LogP contribution in [0, 0.1) is 0 Å². The van der Waals surface area contributed by atoms with Crippen molar-refractivity contribution in [2.75, 3.05) is 13.1 Å². The summed E-state index contributed by atoms with van der Waals surface area (Å²) in [6.07, 6.45) is 3.49. The maximum atomic E-state index is 4.32. The summed E-state index contributed by atoms with van der Waals surface area (Å²) < 4.78 is 0. The number of allylic oxidation sites excluding steroid dienone is 1. The van der Waals surface area contributed by atoms with Crippen molar-refractivity contribution in [2.24, 2.45) is 0 Å². The van der Waals surface area contributed by atoms with Gasteiger partial charge in [-0.3, -0.25) is 0 Å². The first-order valence-electron chi connectivity index (χ1n) is 7.15. The van der Waals surface area contributed by atoms with Gasteiger partial charge in [-0.25, -0.2) is 0 Å². The third kappa shape index (κ3) is 3.40. The lowest BCUT2D eigenvalue weighted by Gasteiger charge is -2.30. The highest BCUT2D eigenvalue weighted by Crippen LogP contribution is 2.27. The molecule has 1 atom stereocenters. The molecule has 1 heterocycles. The molecule has 1 aliphatic heterocycles. The number of benzene rings is 1. The van der Waals surface area contributed by atoms with E-state index in [0.29, 0.717) is 0 Å². The first-order chi connectivity index (χ1) is 9.22. The van der Waals surface area contributed by atoms with Gasteiger partial charge in [0.25, 0.3) is 0 Å². The van der Waals surface area contributed by atoms with E-state index in [4.69, 9.17) is 0 Å². The van der Waals surface area contributed by atoms with Crippen molar-refractivity contribution in [3.63, 3.8) is 0 Å². The Morgan fingerprint density at radius 2 is 1.84 bits per heavy atom. The summed E-state index contributed by atoms with van der Waals surface area (Å²) in [4.78, 5) is 2.40.